The number of pyridine rings is 1. The Labute approximate surface area is 289 Å². The summed E-state index contributed by atoms with van der Waals surface area (Å²) in [6.45, 7) is 0. The van der Waals surface area contributed by atoms with Crippen LogP contribution in [0.2, 0.25) is 0 Å². The van der Waals surface area contributed by atoms with Crippen molar-refractivity contribution >= 4 is 21.8 Å². The lowest BCUT2D eigenvalue weighted by atomic mass is 9.70. The van der Waals surface area contributed by atoms with Gasteiger partial charge in [0.1, 0.15) is 0 Å². The highest BCUT2D eigenvalue weighted by molar-refractivity contribution is 6.18. The maximum absolute atomic E-state index is 5.16. The quantitative estimate of drug-likeness (QED) is 0.188. The van der Waals surface area contributed by atoms with Gasteiger partial charge < -0.3 is 0 Å². The van der Waals surface area contributed by atoms with Gasteiger partial charge in [-0.3, -0.25) is 9.55 Å². The van der Waals surface area contributed by atoms with Gasteiger partial charge in [-0.15, -0.1) is 0 Å². The third-order valence-electron chi connectivity index (χ3n) is 9.99. The van der Waals surface area contributed by atoms with Crippen molar-refractivity contribution in [2.45, 2.75) is 5.41 Å². The Morgan fingerprint density at radius 3 is 1.78 bits per heavy atom. The van der Waals surface area contributed by atoms with E-state index in [1.807, 2.05) is 72.9 Å². The normalized spacial score (nSPS) is 14.9. The summed E-state index contributed by atoms with van der Waals surface area (Å²) in [5.41, 5.74) is 10.4. The van der Waals surface area contributed by atoms with E-state index in [1.54, 1.807) is 0 Å². The molecular weight excluding hydrogens is 611 g/mol. The minimum atomic E-state index is -0.597. The van der Waals surface area contributed by atoms with Crippen LogP contribution in [0.3, 0.4) is 0 Å². The average molecular weight is 640 g/mol. The zero-order valence-corrected chi connectivity index (χ0v) is 27.0. The van der Waals surface area contributed by atoms with Crippen molar-refractivity contribution in [1.82, 2.24) is 24.5 Å². The molecule has 0 saturated carbocycles. The van der Waals surface area contributed by atoms with Gasteiger partial charge in [0.15, 0.2) is 11.6 Å². The molecule has 10 rings (SSSR count). The molecule has 0 spiro atoms. The zero-order valence-electron chi connectivity index (χ0n) is 27.0. The summed E-state index contributed by atoms with van der Waals surface area (Å²) < 4.78 is 2.21. The Morgan fingerprint density at radius 1 is 0.460 bits per heavy atom. The van der Waals surface area contributed by atoms with Crippen molar-refractivity contribution in [2.75, 3.05) is 0 Å². The van der Waals surface area contributed by atoms with Crippen LogP contribution in [0.5, 0.6) is 0 Å². The smallest absolute Gasteiger partial charge is 0.238 e. The zero-order chi connectivity index (χ0) is 33.1. The Balaban J connectivity index is 1.33. The Kier molecular flexibility index (Phi) is 6.33. The van der Waals surface area contributed by atoms with Crippen LogP contribution in [-0.2, 0) is 5.41 Å². The van der Waals surface area contributed by atoms with Crippen molar-refractivity contribution in [3.05, 3.63) is 198 Å². The molecule has 0 aliphatic heterocycles. The van der Waals surface area contributed by atoms with Crippen LogP contribution < -0.4 is 0 Å². The van der Waals surface area contributed by atoms with Crippen LogP contribution in [0.15, 0.2) is 176 Å². The largest absolute Gasteiger partial charge is 0.278 e. The van der Waals surface area contributed by atoms with E-state index in [4.69, 9.17) is 19.9 Å². The number of rotatable bonds is 5. The maximum atomic E-state index is 5.16. The molecule has 3 heterocycles. The lowest BCUT2D eigenvalue weighted by Crippen LogP contribution is -2.29. The van der Waals surface area contributed by atoms with Gasteiger partial charge in [-0.1, -0.05) is 146 Å². The molecule has 6 aromatic carbocycles. The highest BCUT2D eigenvalue weighted by Gasteiger charge is 2.48. The topological polar surface area (TPSA) is 56.5 Å². The molecule has 0 fully saturated rings. The Hall–Kier alpha value is -6.72. The number of fused-ring (bicyclic) bond motifs is 7. The Bertz CT molecular complexity index is 2590. The molecule has 0 amide bonds. The van der Waals surface area contributed by atoms with Crippen LogP contribution in [0.25, 0.3) is 61.7 Å². The van der Waals surface area contributed by atoms with Crippen molar-refractivity contribution in [3.8, 4) is 39.9 Å². The van der Waals surface area contributed by atoms with E-state index in [2.05, 4.69) is 108 Å². The first-order valence-corrected chi connectivity index (χ1v) is 16.8. The number of aromatic nitrogens is 5. The van der Waals surface area contributed by atoms with Gasteiger partial charge in [-0.25, -0.2) is 4.98 Å². The van der Waals surface area contributed by atoms with E-state index in [0.29, 0.717) is 17.6 Å². The summed E-state index contributed by atoms with van der Waals surface area (Å²) in [6, 6.07) is 59.3. The molecule has 234 valence electrons. The summed E-state index contributed by atoms with van der Waals surface area (Å²) in [5, 5.41) is 2.31. The second-order valence-electron chi connectivity index (χ2n) is 12.6. The molecule has 0 radical (unpaired) electrons. The number of nitrogens with zero attached hydrogens (tertiary/aromatic N) is 5. The third kappa shape index (κ3) is 4.07. The van der Waals surface area contributed by atoms with E-state index in [1.165, 1.54) is 33.2 Å². The third-order valence-corrected chi connectivity index (χ3v) is 9.99. The van der Waals surface area contributed by atoms with Crippen LogP contribution in [0.4, 0.5) is 0 Å². The maximum Gasteiger partial charge on any atom is 0.238 e. The predicted octanol–water partition coefficient (Wildman–Crippen LogP) is 10.1. The standard InChI is InChI=1S/C45H29N5/c1-4-16-30(17-5-1)42-47-43(31-18-6-2-7-19-31)49-44(48-42)50-37-25-13-11-23-34(37)41-38(50)28-27-36-40(41)33-22-10-12-24-35(33)45(36,32-20-8-3-9-21-32)39-26-14-15-29-46-39/h1-29H. The molecule has 5 heteroatoms. The van der Waals surface area contributed by atoms with E-state index in [9.17, 15) is 0 Å². The fourth-order valence-corrected chi connectivity index (χ4v) is 7.95. The van der Waals surface area contributed by atoms with Gasteiger partial charge in [0.25, 0.3) is 0 Å². The molecule has 50 heavy (non-hydrogen) atoms. The summed E-state index contributed by atoms with van der Waals surface area (Å²) in [5.74, 6) is 1.84. The molecular formula is C45H29N5. The second-order valence-corrected chi connectivity index (χ2v) is 12.6. The van der Waals surface area contributed by atoms with E-state index < -0.39 is 5.41 Å². The molecule has 9 aromatic rings. The van der Waals surface area contributed by atoms with Crippen LogP contribution in [0, 0.1) is 0 Å². The van der Waals surface area contributed by atoms with E-state index in [-0.39, 0.29) is 0 Å². The minimum absolute atomic E-state index is 0.578. The van der Waals surface area contributed by atoms with Gasteiger partial charge in [0.2, 0.25) is 5.95 Å². The monoisotopic (exact) mass is 639 g/mol. The van der Waals surface area contributed by atoms with Gasteiger partial charge in [-0.05, 0) is 52.1 Å². The summed E-state index contributed by atoms with van der Waals surface area (Å²) in [7, 11) is 0. The highest BCUT2D eigenvalue weighted by atomic mass is 15.2. The SMILES string of the molecule is c1ccc(-c2nc(-c3ccccc3)nc(-n3c4ccccc4c4c5c(ccc43)C(c3ccccc3)(c3ccccn3)c3ccccc3-5)n2)cc1. The first kappa shape index (κ1) is 28.3. The summed E-state index contributed by atoms with van der Waals surface area (Å²) >= 11 is 0. The predicted molar refractivity (Wildman–Crippen MR) is 200 cm³/mol. The molecule has 5 nitrogen and oxygen atoms in total. The highest BCUT2D eigenvalue weighted by Crippen LogP contribution is 2.58. The number of hydrogen-bond donors (Lipinski definition) is 0. The first-order valence-electron chi connectivity index (χ1n) is 16.8. The van der Waals surface area contributed by atoms with Crippen LogP contribution in [-0.4, -0.2) is 24.5 Å². The fraction of sp³-hybridized carbons (Fsp3) is 0.0222. The Morgan fingerprint density at radius 2 is 1.08 bits per heavy atom. The van der Waals surface area contributed by atoms with Crippen molar-refractivity contribution in [3.63, 3.8) is 0 Å². The van der Waals surface area contributed by atoms with Gasteiger partial charge >= 0.3 is 0 Å². The van der Waals surface area contributed by atoms with Gasteiger partial charge in [-0.2, -0.15) is 9.97 Å². The van der Waals surface area contributed by atoms with Crippen molar-refractivity contribution in [2.24, 2.45) is 0 Å². The van der Waals surface area contributed by atoms with Crippen molar-refractivity contribution < 1.29 is 0 Å². The molecule has 3 aromatic heterocycles. The molecule has 1 aliphatic rings. The van der Waals surface area contributed by atoms with Crippen molar-refractivity contribution in [1.29, 1.82) is 0 Å². The number of hydrogen-bond acceptors (Lipinski definition) is 4. The first-order chi connectivity index (χ1) is 24.8. The van der Waals surface area contributed by atoms with Gasteiger partial charge in [0.05, 0.1) is 22.1 Å². The molecule has 0 N–H and O–H groups in total. The summed E-state index contributed by atoms with van der Waals surface area (Å²) in [6.07, 6.45) is 1.90. The molecule has 1 unspecified atom stereocenters. The number of benzene rings is 6. The van der Waals surface area contributed by atoms with Gasteiger partial charge in [0, 0.05) is 28.1 Å². The second kappa shape index (κ2) is 11.2. The molecule has 1 aliphatic carbocycles. The minimum Gasteiger partial charge on any atom is -0.278 e. The molecule has 0 bridgehead atoms. The van der Waals surface area contributed by atoms with Crippen LogP contribution in [0.1, 0.15) is 22.4 Å². The lowest BCUT2D eigenvalue weighted by Gasteiger charge is -2.32. The average Bonchev–Trinajstić information content (AvgIpc) is 3.70. The van der Waals surface area contributed by atoms with Crippen LogP contribution >= 0.6 is 0 Å². The summed E-state index contributed by atoms with van der Waals surface area (Å²) in [4.78, 5) is 20.4. The van der Waals surface area contributed by atoms with E-state index in [0.717, 1.165) is 33.2 Å². The number of para-hydroxylation sites is 1. The fourth-order valence-electron chi connectivity index (χ4n) is 7.95. The van der Waals surface area contributed by atoms with E-state index >= 15 is 0 Å². The molecule has 0 saturated heterocycles. The lowest BCUT2D eigenvalue weighted by molar-refractivity contribution is 0.735. The molecule has 1 atom stereocenters.